The Hall–Kier alpha value is -0.480. The number of hydrogen-bond donors (Lipinski definition) is 1. The highest BCUT2D eigenvalue weighted by Gasteiger charge is 2.19. The Morgan fingerprint density at radius 1 is 1.54 bits per heavy atom. The zero-order chi connectivity index (χ0) is 9.10. The van der Waals surface area contributed by atoms with Gasteiger partial charge in [-0.2, -0.15) is 0 Å². The van der Waals surface area contributed by atoms with E-state index in [1.165, 1.54) is 37.2 Å². The molecular weight excluding hydrogens is 182 g/mol. The molecule has 72 valence electrons. The number of aromatic nitrogens is 2. The van der Waals surface area contributed by atoms with Crippen LogP contribution in [0, 0.1) is 5.92 Å². The largest absolute Gasteiger partial charge is 0.323 e. The van der Waals surface area contributed by atoms with Gasteiger partial charge in [-0.15, -0.1) is 5.10 Å². The van der Waals surface area contributed by atoms with E-state index in [4.69, 9.17) is 5.73 Å². The molecule has 13 heavy (non-hydrogen) atoms. The van der Waals surface area contributed by atoms with Crippen LogP contribution in [0.25, 0.3) is 0 Å². The topological polar surface area (TPSA) is 51.8 Å². The van der Waals surface area contributed by atoms with Gasteiger partial charge in [0.2, 0.25) is 0 Å². The highest BCUT2D eigenvalue weighted by molar-refractivity contribution is 7.03. The van der Waals surface area contributed by atoms with Crippen molar-refractivity contribution < 1.29 is 0 Å². The molecule has 1 atom stereocenters. The fourth-order valence-corrected chi connectivity index (χ4v) is 2.58. The van der Waals surface area contributed by atoms with Gasteiger partial charge < -0.3 is 5.73 Å². The normalized spacial score (nSPS) is 20.7. The predicted molar refractivity (Wildman–Crippen MR) is 53.4 cm³/mol. The van der Waals surface area contributed by atoms with Crippen molar-refractivity contribution in [2.75, 3.05) is 0 Å². The lowest BCUT2D eigenvalue weighted by Gasteiger charge is -2.13. The standard InChI is InChI=1S/C9H15N3S/c10-8(9-6-13-12-11-9)5-7-3-1-2-4-7/h6-8H,1-5,10H2. The summed E-state index contributed by atoms with van der Waals surface area (Å²) in [5, 5.41) is 5.96. The van der Waals surface area contributed by atoms with Gasteiger partial charge in [0.05, 0.1) is 11.7 Å². The van der Waals surface area contributed by atoms with Gasteiger partial charge in [0.25, 0.3) is 0 Å². The molecule has 4 heteroatoms. The van der Waals surface area contributed by atoms with Crippen LogP contribution in [0.3, 0.4) is 0 Å². The zero-order valence-corrected chi connectivity index (χ0v) is 8.46. The number of rotatable bonds is 3. The molecule has 1 aliphatic carbocycles. The van der Waals surface area contributed by atoms with Crippen LogP contribution in [0.15, 0.2) is 5.38 Å². The summed E-state index contributed by atoms with van der Waals surface area (Å²) in [5.74, 6) is 0.830. The first kappa shape index (κ1) is 9.09. The van der Waals surface area contributed by atoms with E-state index < -0.39 is 0 Å². The fourth-order valence-electron chi connectivity index (χ4n) is 2.06. The molecule has 1 aromatic rings. The maximum atomic E-state index is 6.02. The average molecular weight is 197 g/mol. The van der Waals surface area contributed by atoms with Gasteiger partial charge in [-0.05, 0) is 23.9 Å². The number of hydrogen-bond acceptors (Lipinski definition) is 4. The highest BCUT2D eigenvalue weighted by Crippen LogP contribution is 2.31. The van der Waals surface area contributed by atoms with E-state index in [1.54, 1.807) is 0 Å². The summed E-state index contributed by atoms with van der Waals surface area (Å²) in [4.78, 5) is 0. The third-order valence-corrected chi connectivity index (χ3v) is 3.34. The van der Waals surface area contributed by atoms with E-state index in [0.29, 0.717) is 0 Å². The van der Waals surface area contributed by atoms with Gasteiger partial charge in [0.15, 0.2) is 0 Å². The third-order valence-electron chi connectivity index (χ3n) is 2.82. The first-order chi connectivity index (χ1) is 6.36. The molecule has 0 amide bonds. The van der Waals surface area contributed by atoms with E-state index in [2.05, 4.69) is 9.59 Å². The molecule has 1 fully saturated rings. The van der Waals surface area contributed by atoms with Gasteiger partial charge in [-0.25, -0.2) is 0 Å². The van der Waals surface area contributed by atoms with Crippen LogP contribution in [0.5, 0.6) is 0 Å². The Bertz CT molecular complexity index is 241. The summed E-state index contributed by atoms with van der Waals surface area (Å²) in [6.07, 6.45) is 6.56. The van der Waals surface area contributed by atoms with Crippen LogP contribution in [-0.4, -0.2) is 9.59 Å². The van der Waals surface area contributed by atoms with Crippen LogP contribution in [0.1, 0.15) is 43.8 Å². The third kappa shape index (κ3) is 2.25. The maximum absolute atomic E-state index is 6.02. The quantitative estimate of drug-likeness (QED) is 0.807. The molecule has 1 heterocycles. The first-order valence-electron chi connectivity index (χ1n) is 4.89. The average Bonchev–Trinajstić information content (AvgIpc) is 2.74. The van der Waals surface area contributed by atoms with Crippen molar-refractivity contribution in [3.05, 3.63) is 11.1 Å². The molecule has 0 aliphatic heterocycles. The molecule has 1 aromatic heterocycles. The summed E-state index contributed by atoms with van der Waals surface area (Å²) in [6, 6.07) is 0.113. The summed E-state index contributed by atoms with van der Waals surface area (Å²) in [7, 11) is 0. The van der Waals surface area contributed by atoms with E-state index in [-0.39, 0.29) is 6.04 Å². The van der Waals surface area contributed by atoms with Gasteiger partial charge in [-0.1, -0.05) is 30.2 Å². The fraction of sp³-hybridized carbons (Fsp3) is 0.778. The molecule has 1 aliphatic rings. The lowest BCUT2D eigenvalue weighted by Crippen LogP contribution is -2.14. The second kappa shape index (κ2) is 4.15. The second-order valence-corrected chi connectivity index (χ2v) is 4.43. The Balaban J connectivity index is 1.87. The Labute approximate surface area is 82.5 Å². The van der Waals surface area contributed by atoms with E-state index in [9.17, 15) is 0 Å². The minimum absolute atomic E-state index is 0.113. The molecule has 0 saturated heterocycles. The summed E-state index contributed by atoms with van der Waals surface area (Å²) >= 11 is 1.38. The summed E-state index contributed by atoms with van der Waals surface area (Å²) < 4.78 is 3.83. The van der Waals surface area contributed by atoms with Crippen LogP contribution in [-0.2, 0) is 0 Å². The molecular formula is C9H15N3S. The molecule has 0 radical (unpaired) electrons. The van der Waals surface area contributed by atoms with Crippen LogP contribution in [0.4, 0.5) is 0 Å². The predicted octanol–water partition coefficient (Wildman–Crippen LogP) is 2.12. The van der Waals surface area contributed by atoms with E-state index in [0.717, 1.165) is 18.0 Å². The van der Waals surface area contributed by atoms with Crippen LogP contribution in [0.2, 0.25) is 0 Å². The van der Waals surface area contributed by atoms with E-state index >= 15 is 0 Å². The van der Waals surface area contributed by atoms with Gasteiger partial charge in [-0.3, -0.25) is 0 Å². The maximum Gasteiger partial charge on any atom is 0.0922 e. The van der Waals surface area contributed by atoms with Gasteiger partial charge >= 0.3 is 0 Å². The van der Waals surface area contributed by atoms with Crippen molar-refractivity contribution in [3.8, 4) is 0 Å². The molecule has 2 rings (SSSR count). The Kier molecular flexibility index (Phi) is 2.90. The minimum Gasteiger partial charge on any atom is -0.323 e. The Morgan fingerprint density at radius 3 is 2.92 bits per heavy atom. The lowest BCUT2D eigenvalue weighted by molar-refractivity contribution is 0.445. The first-order valence-corrected chi connectivity index (χ1v) is 5.72. The van der Waals surface area contributed by atoms with Gasteiger partial charge in [0, 0.05) is 5.38 Å². The smallest absolute Gasteiger partial charge is 0.0922 e. The van der Waals surface area contributed by atoms with Crippen molar-refractivity contribution in [2.24, 2.45) is 11.7 Å². The second-order valence-electron chi connectivity index (χ2n) is 3.82. The molecule has 3 nitrogen and oxygen atoms in total. The monoisotopic (exact) mass is 197 g/mol. The van der Waals surface area contributed by atoms with E-state index in [1.807, 2.05) is 5.38 Å². The van der Waals surface area contributed by atoms with Gasteiger partial charge in [0.1, 0.15) is 0 Å². The highest BCUT2D eigenvalue weighted by atomic mass is 32.1. The molecule has 0 aromatic carbocycles. The number of nitrogens with two attached hydrogens (primary N) is 1. The lowest BCUT2D eigenvalue weighted by atomic mass is 9.98. The summed E-state index contributed by atoms with van der Waals surface area (Å²) in [5.41, 5.74) is 6.99. The van der Waals surface area contributed by atoms with Crippen LogP contribution >= 0.6 is 11.5 Å². The van der Waals surface area contributed by atoms with Crippen molar-refractivity contribution in [2.45, 2.75) is 38.1 Å². The SMILES string of the molecule is NC(CC1CCCC1)c1csnn1. The van der Waals surface area contributed by atoms with Crippen molar-refractivity contribution >= 4 is 11.5 Å². The summed E-state index contributed by atoms with van der Waals surface area (Å²) in [6.45, 7) is 0. The molecule has 1 unspecified atom stereocenters. The van der Waals surface area contributed by atoms with Crippen molar-refractivity contribution in [3.63, 3.8) is 0 Å². The van der Waals surface area contributed by atoms with Crippen LogP contribution < -0.4 is 5.73 Å². The van der Waals surface area contributed by atoms with Crippen molar-refractivity contribution in [1.29, 1.82) is 0 Å². The molecule has 0 bridgehead atoms. The zero-order valence-electron chi connectivity index (χ0n) is 7.65. The van der Waals surface area contributed by atoms with Crippen molar-refractivity contribution in [1.82, 2.24) is 9.59 Å². The molecule has 0 spiro atoms. The molecule has 2 N–H and O–H groups in total. The number of nitrogens with zero attached hydrogens (tertiary/aromatic N) is 2. The Morgan fingerprint density at radius 2 is 2.31 bits per heavy atom. The molecule has 1 saturated carbocycles. The minimum atomic E-state index is 0.113.